The standard InChI is InChI=1S/C26H29N5O7S/c1-17-25(18(2)38-27-17)39(36,37)30-13-7-12-29(14-15-30)26(33)21-9-6-5-8-20(21)24(32)19-10-11-22(28(3)4)23(16-19)31(34)35/h5-6,8-11,16H,7,12-15H2,1-4H3. The van der Waals surface area contributed by atoms with Crippen molar-refractivity contribution in [2.24, 2.45) is 0 Å². The summed E-state index contributed by atoms with van der Waals surface area (Å²) in [5, 5.41) is 15.4. The maximum atomic E-state index is 13.6. The molecule has 0 N–H and O–H groups in total. The van der Waals surface area contributed by atoms with Crippen LogP contribution in [0.2, 0.25) is 0 Å². The van der Waals surface area contributed by atoms with Crippen molar-refractivity contribution in [2.75, 3.05) is 45.2 Å². The predicted octanol–water partition coefficient (Wildman–Crippen LogP) is 3.03. The van der Waals surface area contributed by atoms with Gasteiger partial charge in [0.2, 0.25) is 10.0 Å². The molecule has 1 aliphatic heterocycles. The first-order valence-electron chi connectivity index (χ1n) is 12.2. The number of aryl methyl sites for hydroxylation is 2. The molecule has 0 saturated carbocycles. The average molecular weight is 556 g/mol. The molecule has 206 valence electrons. The van der Waals surface area contributed by atoms with Gasteiger partial charge in [0.1, 0.15) is 16.3 Å². The SMILES string of the molecule is Cc1noc(C)c1S(=O)(=O)N1CCCN(C(=O)c2ccccc2C(=O)c2ccc(N(C)C)c([N+](=O)[O-])c2)CC1. The van der Waals surface area contributed by atoms with E-state index in [9.17, 15) is 28.1 Å². The zero-order valence-electron chi connectivity index (χ0n) is 22.1. The Morgan fingerprint density at radius 3 is 2.33 bits per heavy atom. The van der Waals surface area contributed by atoms with Gasteiger partial charge in [-0.25, -0.2) is 8.42 Å². The summed E-state index contributed by atoms with van der Waals surface area (Å²) in [5.41, 5.74) is 0.738. The third-order valence-electron chi connectivity index (χ3n) is 6.63. The molecule has 1 aromatic heterocycles. The molecule has 1 fully saturated rings. The molecular weight excluding hydrogens is 526 g/mol. The van der Waals surface area contributed by atoms with Gasteiger partial charge in [-0.3, -0.25) is 19.7 Å². The molecule has 13 heteroatoms. The monoisotopic (exact) mass is 555 g/mol. The summed E-state index contributed by atoms with van der Waals surface area (Å²) < 4.78 is 32.9. The van der Waals surface area contributed by atoms with Crippen molar-refractivity contribution in [3.63, 3.8) is 0 Å². The summed E-state index contributed by atoms with van der Waals surface area (Å²) in [4.78, 5) is 41.2. The number of nitro benzene ring substituents is 1. The number of rotatable bonds is 7. The van der Waals surface area contributed by atoms with Crippen LogP contribution in [-0.2, 0) is 10.0 Å². The summed E-state index contributed by atoms with van der Waals surface area (Å²) >= 11 is 0. The third-order valence-corrected chi connectivity index (χ3v) is 8.77. The molecule has 0 spiro atoms. The van der Waals surface area contributed by atoms with E-state index < -0.39 is 26.6 Å². The summed E-state index contributed by atoms with van der Waals surface area (Å²) in [6.45, 7) is 3.78. The molecule has 2 aromatic carbocycles. The van der Waals surface area contributed by atoms with E-state index in [2.05, 4.69) is 5.16 Å². The molecule has 39 heavy (non-hydrogen) atoms. The molecule has 0 bridgehead atoms. The van der Waals surface area contributed by atoms with E-state index in [0.29, 0.717) is 12.1 Å². The van der Waals surface area contributed by atoms with Gasteiger partial charge in [-0.15, -0.1) is 0 Å². The lowest BCUT2D eigenvalue weighted by Gasteiger charge is -2.23. The van der Waals surface area contributed by atoms with Gasteiger partial charge >= 0.3 is 0 Å². The second-order valence-corrected chi connectivity index (χ2v) is 11.3. The minimum absolute atomic E-state index is 0.0348. The fourth-order valence-electron chi connectivity index (χ4n) is 4.69. The van der Waals surface area contributed by atoms with Gasteiger partial charge in [0.05, 0.1) is 10.5 Å². The smallest absolute Gasteiger partial charge is 0.293 e. The van der Waals surface area contributed by atoms with Gasteiger partial charge in [-0.1, -0.05) is 23.4 Å². The molecule has 0 atom stereocenters. The van der Waals surface area contributed by atoms with Crippen molar-refractivity contribution in [1.29, 1.82) is 0 Å². The Morgan fingerprint density at radius 2 is 1.72 bits per heavy atom. The van der Waals surface area contributed by atoms with Crippen LogP contribution < -0.4 is 4.90 Å². The van der Waals surface area contributed by atoms with E-state index in [1.54, 1.807) is 38.1 Å². The Bertz CT molecular complexity index is 1530. The predicted molar refractivity (Wildman–Crippen MR) is 143 cm³/mol. The van der Waals surface area contributed by atoms with Crippen LogP contribution in [0, 0.1) is 24.0 Å². The number of sulfonamides is 1. The summed E-state index contributed by atoms with van der Waals surface area (Å²) in [6, 6.07) is 10.5. The Balaban J connectivity index is 1.59. The Morgan fingerprint density at radius 1 is 1.03 bits per heavy atom. The quantitative estimate of drug-likeness (QED) is 0.244. The van der Waals surface area contributed by atoms with Crippen molar-refractivity contribution >= 4 is 33.1 Å². The lowest BCUT2D eigenvalue weighted by atomic mass is 9.96. The Hall–Kier alpha value is -4.10. The van der Waals surface area contributed by atoms with Crippen molar-refractivity contribution in [3.05, 3.63) is 80.7 Å². The van der Waals surface area contributed by atoms with E-state index in [-0.39, 0.29) is 64.9 Å². The van der Waals surface area contributed by atoms with Gasteiger partial charge in [0.15, 0.2) is 11.5 Å². The fraction of sp³-hybridized carbons (Fsp3) is 0.346. The zero-order chi connectivity index (χ0) is 28.5. The van der Waals surface area contributed by atoms with Gasteiger partial charge in [0.25, 0.3) is 11.6 Å². The Labute approximate surface area is 226 Å². The van der Waals surface area contributed by atoms with E-state index in [4.69, 9.17) is 4.52 Å². The highest BCUT2D eigenvalue weighted by atomic mass is 32.2. The maximum Gasteiger partial charge on any atom is 0.293 e. The van der Waals surface area contributed by atoms with Crippen LogP contribution in [0.3, 0.4) is 0 Å². The van der Waals surface area contributed by atoms with Crippen molar-refractivity contribution in [1.82, 2.24) is 14.4 Å². The van der Waals surface area contributed by atoms with Crippen LogP contribution in [0.5, 0.6) is 0 Å². The van der Waals surface area contributed by atoms with Crippen LogP contribution in [0.4, 0.5) is 11.4 Å². The summed E-state index contributed by atoms with van der Waals surface area (Å²) in [6.07, 6.45) is 0.392. The largest absolute Gasteiger partial charge is 0.372 e. The lowest BCUT2D eigenvalue weighted by molar-refractivity contribution is -0.384. The minimum Gasteiger partial charge on any atom is -0.372 e. The minimum atomic E-state index is -3.87. The van der Waals surface area contributed by atoms with Crippen LogP contribution in [0.25, 0.3) is 0 Å². The zero-order valence-corrected chi connectivity index (χ0v) is 22.9. The Kier molecular flexibility index (Phi) is 7.84. The van der Waals surface area contributed by atoms with Crippen molar-refractivity contribution in [2.45, 2.75) is 25.2 Å². The number of hydrogen-bond donors (Lipinski definition) is 0. The molecule has 1 amide bonds. The number of carbonyl (C=O) groups is 2. The van der Waals surface area contributed by atoms with Gasteiger partial charge < -0.3 is 14.3 Å². The van der Waals surface area contributed by atoms with Crippen molar-refractivity contribution in [3.8, 4) is 0 Å². The molecule has 2 heterocycles. The van der Waals surface area contributed by atoms with Crippen LogP contribution in [0.1, 0.15) is 44.2 Å². The second-order valence-electron chi connectivity index (χ2n) is 9.43. The van der Waals surface area contributed by atoms with Crippen molar-refractivity contribution < 1.29 is 27.5 Å². The number of anilines is 1. The maximum absolute atomic E-state index is 13.6. The average Bonchev–Trinajstić information content (AvgIpc) is 3.09. The molecule has 1 saturated heterocycles. The number of benzene rings is 2. The number of hydrogen-bond acceptors (Lipinski definition) is 9. The fourth-order valence-corrected chi connectivity index (χ4v) is 6.45. The van der Waals surface area contributed by atoms with Gasteiger partial charge in [-0.2, -0.15) is 4.31 Å². The molecule has 12 nitrogen and oxygen atoms in total. The first-order chi connectivity index (χ1) is 18.4. The molecule has 0 aliphatic carbocycles. The summed E-state index contributed by atoms with van der Waals surface area (Å²) in [7, 11) is -0.536. The lowest BCUT2D eigenvalue weighted by Crippen LogP contribution is -2.38. The summed E-state index contributed by atoms with van der Waals surface area (Å²) in [5.74, 6) is -0.740. The molecule has 3 aromatic rings. The number of nitrogens with zero attached hydrogens (tertiary/aromatic N) is 5. The molecule has 4 rings (SSSR count). The number of carbonyl (C=O) groups excluding carboxylic acids is 2. The topological polar surface area (TPSA) is 147 Å². The number of aromatic nitrogens is 1. The highest BCUT2D eigenvalue weighted by molar-refractivity contribution is 7.89. The highest BCUT2D eigenvalue weighted by Crippen LogP contribution is 2.30. The van der Waals surface area contributed by atoms with Crippen LogP contribution in [0.15, 0.2) is 51.9 Å². The molecule has 1 aliphatic rings. The van der Waals surface area contributed by atoms with E-state index >= 15 is 0 Å². The van der Waals surface area contributed by atoms with E-state index in [1.165, 1.54) is 46.5 Å². The van der Waals surface area contributed by atoms with Gasteiger partial charge in [0, 0.05) is 57.5 Å². The first kappa shape index (κ1) is 27.9. The molecule has 0 unspecified atom stereocenters. The third kappa shape index (κ3) is 5.40. The first-order valence-corrected chi connectivity index (χ1v) is 13.7. The number of amides is 1. The second kappa shape index (κ2) is 10.9. The number of ketones is 1. The normalized spacial score (nSPS) is 14.6. The molecular formula is C26H29N5O7S. The van der Waals surface area contributed by atoms with E-state index in [1.807, 2.05) is 0 Å². The molecule has 0 radical (unpaired) electrons. The van der Waals surface area contributed by atoms with Crippen LogP contribution >= 0.6 is 0 Å². The van der Waals surface area contributed by atoms with E-state index in [0.717, 1.165) is 0 Å². The number of nitro groups is 1. The highest BCUT2D eigenvalue weighted by Gasteiger charge is 2.33. The van der Waals surface area contributed by atoms with Crippen LogP contribution in [-0.4, -0.2) is 79.7 Å². The van der Waals surface area contributed by atoms with Gasteiger partial charge in [-0.05, 0) is 38.5 Å².